The standard InChI is InChI=1S/C26H23ClFN3O2/c1-3-7-22-25(26(32)31(30-22)20-13-11-19(28)12-14-20)17(2)29-23-16-18(27)10-15-24(23)33-21-8-5-4-6-9-21/h4-6,8-16,30H,3,7H2,1-2H3. The van der Waals surface area contributed by atoms with Gasteiger partial charge in [0.2, 0.25) is 0 Å². The monoisotopic (exact) mass is 463 g/mol. The highest BCUT2D eigenvalue weighted by atomic mass is 35.5. The van der Waals surface area contributed by atoms with Crippen LogP contribution in [0.4, 0.5) is 10.1 Å². The molecular weight excluding hydrogens is 441 g/mol. The van der Waals surface area contributed by atoms with Gasteiger partial charge in [-0.1, -0.05) is 43.1 Å². The fourth-order valence-electron chi connectivity index (χ4n) is 3.57. The molecule has 0 aliphatic heterocycles. The van der Waals surface area contributed by atoms with Crippen molar-refractivity contribution < 1.29 is 9.13 Å². The third-order valence-electron chi connectivity index (χ3n) is 5.09. The third kappa shape index (κ3) is 5.07. The third-order valence-corrected chi connectivity index (χ3v) is 5.33. The van der Waals surface area contributed by atoms with Gasteiger partial charge in [0.05, 0.1) is 17.0 Å². The van der Waals surface area contributed by atoms with Crippen molar-refractivity contribution >= 4 is 23.0 Å². The Balaban J connectivity index is 1.78. The SMILES string of the molecule is CCCc1[nH]n(-c2ccc(F)cc2)c(=O)c1C(C)=Nc1cc(Cl)ccc1Oc1ccccc1. The van der Waals surface area contributed by atoms with Crippen LogP contribution in [0.25, 0.3) is 5.69 Å². The van der Waals surface area contributed by atoms with Crippen molar-refractivity contribution in [2.75, 3.05) is 0 Å². The number of nitrogens with one attached hydrogen (secondary N) is 1. The first-order valence-corrected chi connectivity index (χ1v) is 11.0. The van der Waals surface area contributed by atoms with E-state index in [-0.39, 0.29) is 11.4 Å². The van der Waals surface area contributed by atoms with Crippen LogP contribution in [0.3, 0.4) is 0 Å². The number of nitrogens with zero attached hydrogens (tertiary/aromatic N) is 2. The highest BCUT2D eigenvalue weighted by molar-refractivity contribution is 6.31. The molecule has 0 aliphatic carbocycles. The molecule has 33 heavy (non-hydrogen) atoms. The minimum Gasteiger partial charge on any atom is -0.455 e. The van der Waals surface area contributed by atoms with Gasteiger partial charge in [0.15, 0.2) is 5.75 Å². The Labute approximate surface area is 196 Å². The van der Waals surface area contributed by atoms with Crippen LogP contribution in [0.1, 0.15) is 31.5 Å². The number of rotatable bonds is 7. The number of halogens is 2. The summed E-state index contributed by atoms with van der Waals surface area (Å²) in [7, 11) is 0. The minimum absolute atomic E-state index is 0.251. The van der Waals surface area contributed by atoms with Gasteiger partial charge in [-0.05, 0) is 67.9 Å². The molecule has 0 spiro atoms. The van der Waals surface area contributed by atoms with Crippen LogP contribution in [0.15, 0.2) is 82.6 Å². The van der Waals surface area contributed by atoms with Crippen molar-refractivity contribution in [1.82, 2.24) is 9.78 Å². The Morgan fingerprint density at radius 1 is 1.09 bits per heavy atom. The molecule has 3 aromatic carbocycles. The molecule has 4 aromatic rings. The van der Waals surface area contributed by atoms with E-state index in [9.17, 15) is 9.18 Å². The maximum Gasteiger partial charge on any atom is 0.280 e. The molecule has 1 N–H and O–H groups in total. The number of benzene rings is 3. The minimum atomic E-state index is -0.364. The van der Waals surface area contributed by atoms with Crippen molar-refractivity contribution in [1.29, 1.82) is 0 Å². The van der Waals surface area contributed by atoms with Crippen LogP contribution in [0.5, 0.6) is 11.5 Å². The number of aryl methyl sites for hydroxylation is 1. The fraction of sp³-hybridized carbons (Fsp3) is 0.154. The van der Waals surface area contributed by atoms with Crippen molar-refractivity contribution in [3.63, 3.8) is 0 Å². The Bertz CT molecular complexity index is 1340. The lowest BCUT2D eigenvalue weighted by Gasteiger charge is -2.10. The molecule has 1 heterocycles. The predicted molar refractivity (Wildman–Crippen MR) is 130 cm³/mol. The van der Waals surface area contributed by atoms with Gasteiger partial charge in [-0.3, -0.25) is 9.89 Å². The fourth-order valence-corrected chi connectivity index (χ4v) is 3.74. The maximum atomic E-state index is 13.4. The van der Waals surface area contributed by atoms with Gasteiger partial charge in [-0.2, -0.15) is 0 Å². The van der Waals surface area contributed by atoms with Gasteiger partial charge >= 0.3 is 0 Å². The molecule has 0 atom stereocenters. The Kier molecular flexibility index (Phi) is 6.75. The Hall–Kier alpha value is -3.64. The Morgan fingerprint density at radius 3 is 2.52 bits per heavy atom. The molecule has 0 bridgehead atoms. The first-order chi connectivity index (χ1) is 16.0. The molecule has 168 valence electrons. The number of H-pyrrole nitrogens is 1. The normalized spacial score (nSPS) is 11.6. The quantitative estimate of drug-likeness (QED) is 0.305. The van der Waals surface area contributed by atoms with E-state index in [4.69, 9.17) is 21.3 Å². The van der Waals surface area contributed by atoms with Crippen LogP contribution in [0.2, 0.25) is 5.02 Å². The first-order valence-electron chi connectivity index (χ1n) is 10.6. The van der Waals surface area contributed by atoms with Crippen molar-refractivity contribution in [2.45, 2.75) is 26.7 Å². The van der Waals surface area contributed by atoms with E-state index in [1.807, 2.05) is 37.3 Å². The summed E-state index contributed by atoms with van der Waals surface area (Å²) in [5.74, 6) is 0.828. The predicted octanol–water partition coefficient (Wildman–Crippen LogP) is 6.84. The zero-order valence-corrected chi connectivity index (χ0v) is 19.1. The number of hydrogen-bond acceptors (Lipinski definition) is 3. The van der Waals surface area contributed by atoms with Gasteiger partial charge in [-0.25, -0.2) is 14.1 Å². The summed E-state index contributed by atoms with van der Waals surface area (Å²) in [4.78, 5) is 18.0. The van der Waals surface area contributed by atoms with Crippen LogP contribution >= 0.6 is 11.6 Å². The van der Waals surface area contributed by atoms with E-state index in [0.717, 1.165) is 12.1 Å². The summed E-state index contributed by atoms with van der Waals surface area (Å²) in [6, 6.07) is 20.3. The lowest BCUT2D eigenvalue weighted by atomic mass is 10.1. The molecule has 4 rings (SSSR count). The molecule has 0 amide bonds. The molecular formula is C26H23ClFN3O2. The number of ether oxygens (including phenoxy) is 1. The number of hydrogen-bond donors (Lipinski definition) is 1. The van der Waals surface area contributed by atoms with E-state index in [0.29, 0.717) is 45.6 Å². The van der Waals surface area contributed by atoms with Crippen LogP contribution in [0, 0.1) is 5.82 Å². The number of aromatic amines is 1. The summed E-state index contributed by atoms with van der Waals surface area (Å²) in [6.07, 6.45) is 1.50. The van der Waals surface area contributed by atoms with Gasteiger partial charge in [0, 0.05) is 10.7 Å². The van der Waals surface area contributed by atoms with E-state index < -0.39 is 0 Å². The van der Waals surface area contributed by atoms with E-state index in [1.165, 1.54) is 16.8 Å². The van der Waals surface area contributed by atoms with Crippen molar-refractivity contribution in [2.24, 2.45) is 4.99 Å². The van der Waals surface area contributed by atoms with Gasteiger partial charge < -0.3 is 4.74 Å². The maximum absolute atomic E-state index is 13.4. The number of aromatic nitrogens is 2. The smallest absolute Gasteiger partial charge is 0.280 e. The van der Waals surface area contributed by atoms with Crippen molar-refractivity contribution in [3.8, 4) is 17.2 Å². The van der Waals surface area contributed by atoms with Gasteiger partial charge in [-0.15, -0.1) is 0 Å². The van der Waals surface area contributed by atoms with Crippen LogP contribution in [-0.4, -0.2) is 15.5 Å². The molecule has 0 saturated carbocycles. The zero-order chi connectivity index (χ0) is 23.4. The molecule has 1 aromatic heterocycles. The second-order valence-electron chi connectivity index (χ2n) is 7.56. The molecule has 0 fully saturated rings. The first kappa shape index (κ1) is 22.6. The molecule has 0 aliphatic rings. The van der Waals surface area contributed by atoms with Crippen LogP contribution < -0.4 is 10.3 Å². The summed E-state index contributed by atoms with van der Waals surface area (Å²) in [5, 5.41) is 3.67. The van der Waals surface area contributed by atoms with E-state index in [1.54, 1.807) is 37.3 Å². The van der Waals surface area contributed by atoms with Crippen LogP contribution in [-0.2, 0) is 6.42 Å². The van der Waals surface area contributed by atoms with Gasteiger partial charge in [0.1, 0.15) is 17.3 Å². The van der Waals surface area contributed by atoms with E-state index in [2.05, 4.69) is 5.10 Å². The zero-order valence-electron chi connectivity index (χ0n) is 18.3. The van der Waals surface area contributed by atoms with Gasteiger partial charge in [0.25, 0.3) is 5.56 Å². The summed E-state index contributed by atoms with van der Waals surface area (Å²) in [5.41, 5.74) is 2.58. The second-order valence-corrected chi connectivity index (χ2v) is 7.99. The lowest BCUT2D eigenvalue weighted by molar-refractivity contribution is 0.484. The molecule has 0 unspecified atom stereocenters. The average Bonchev–Trinajstić information content (AvgIpc) is 3.13. The lowest BCUT2D eigenvalue weighted by Crippen LogP contribution is -2.19. The second kappa shape index (κ2) is 9.88. The molecule has 0 radical (unpaired) electrons. The summed E-state index contributed by atoms with van der Waals surface area (Å²) < 4.78 is 20.8. The average molecular weight is 464 g/mol. The summed E-state index contributed by atoms with van der Waals surface area (Å²) in [6.45, 7) is 3.82. The van der Waals surface area contributed by atoms with Crippen molar-refractivity contribution in [3.05, 3.63) is 105 Å². The molecule has 0 saturated heterocycles. The molecule has 5 nitrogen and oxygen atoms in total. The largest absolute Gasteiger partial charge is 0.455 e. The number of aliphatic imine (C=N–C) groups is 1. The topological polar surface area (TPSA) is 59.4 Å². The molecule has 7 heteroatoms. The number of para-hydroxylation sites is 1. The highest BCUT2D eigenvalue weighted by Crippen LogP contribution is 2.34. The van der Waals surface area contributed by atoms with E-state index >= 15 is 0 Å². The summed E-state index contributed by atoms with van der Waals surface area (Å²) >= 11 is 6.23. The Morgan fingerprint density at radius 2 is 1.82 bits per heavy atom. The highest BCUT2D eigenvalue weighted by Gasteiger charge is 2.18.